The second kappa shape index (κ2) is 5.72. The summed E-state index contributed by atoms with van der Waals surface area (Å²) in [6, 6.07) is 7.72. The van der Waals surface area contributed by atoms with Crippen LogP contribution in [0.2, 0.25) is 0 Å². The van der Waals surface area contributed by atoms with Gasteiger partial charge in [0.25, 0.3) is 0 Å². The number of rotatable bonds is 2. The van der Waals surface area contributed by atoms with Gasteiger partial charge in [-0.2, -0.15) is 0 Å². The first kappa shape index (κ1) is 14.0. The van der Waals surface area contributed by atoms with E-state index in [-0.39, 0.29) is 5.91 Å². The summed E-state index contributed by atoms with van der Waals surface area (Å²) in [4.78, 5) is 16.6. The molecule has 0 spiro atoms. The van der Waals surface area contributed by atoms with Crippen LogP contribution in [0.3, 0.4) is 0 Å². The van der Waals surface area contributed by atoms with E-state index in [1.54, 1.807) is 0 Å². The van der Waals surface area contributed by atoms with Crippen molar-refractivity contribution < 1.29 is 4.79 Å². The van der Waals surface area contributed by atoms with Gasteiger partial charge in [-0.1, -0.05) is 29.8 Å². The first-order valence-corrected chi connectivity index (χ1v) is 6.80. The second-order valence-corrected chi connectivity index (χ2v) is 5.50. The van der Waals surface area contributed by atoms with Crippen LogP contribution in [-0.4, -0.2) is 48.4 Å². The number of hydrogen-bond donors (Lipinski definition) is 1. The molecule has 1 heterocycles. The van der Waals surface area contributed by atoms with Gasteiger partial charge in [0.05, 0.1) is 0 Å². The summed E-state index contributed by atoms with van der Waals surface area (Å²) >= 11 is 0. The van der Waals surface area contributed by atoms with E-state index in [0.717, 1.165) is 25.2 Å². The van der Waals surface area contributed by atoms with Crippen molar-refractivity contribution in [3.63, 3.8) is 0 Å². The highest BCUT2D eigenvalue weighted by atomic mass is 16.2. The van der Waals surface area contributed by atoms with E-state index in [1.165, 1.54) is 5.56 Å². The van der Waals surface area contributed by atoms with Crippen LogP contribution in [0.1, 0.15) is 24.1 Å². The third kappa shape index (κ3) is 3.14. The Balaban J connectivity index is 2.05. The molecule has 4 nitrogen and oxygen atoms in total. The van der Waals surface area contributed by atoms with Gasteiger partial charge in [0, 0.05) is 25.7 Å². The number of hydrogen-bond acceptors (Lipinski definition) is 3. The number of likely N-dealkylation sites (N-methyl/N-ethyl adjacent to an activating group) is 1. The number of piperazine rings is 1. The Labute approximate surface area is 115 Å². The van der Waals surface area contributed by atoms with Gasteiger partial charge in [-0.25, -0.2) is 0 Å². The molecule has 0 aromatic heterocycles. The van der Waals surface area contributed by atoms with Gasteiger partial charge in [0.2, 0.25) is 5.91 Å². The molecule has 104 valence electrons. The molecule has 1 saturated heterocycles. The fourth-order valence-electron chi connectivity index (χ4n) is 2.36. The number of nitrogens with two attached hydrogens (primary N) is 1. The van der Waals surface area contributed by atoms with Crippen LogP contribution in [0.15, 0.2) is 24.3 Å². The molecule has 4 heteroatoms. The minimum Gasteiger partial charge on any atom is -0.338 e. The summed E-state index contributed by atoms with van der Waals surface area (Å²) < 4.78 is 0. The van der Waals surface area contributed by atoms with E-state index >= 15 is 0 Å². The summed E-state index contributed by atoms with van der Waals surface area (Å²) in [5.41, 5.74) is 8.16. The summed E-state index contributed by atoms with van der Waals surface area (Å²) in [6.07, 6.45) is 0. The lowest BCUT2D eigenvalue weighted by Gasteiger charge is -2.38. The number of carbonyl (C=O) groups excluding carboxylic acids is 1. The van der Waals surface area contributed by atoms with Crippen LogP contribution in [0.4, 0.5) is 0 Å². The highest BCUT2D eigenvalue weighted by molar-refractivity contribution is 5.83. The molecule has 1 fully saturated rings. The number of aryl methyl sites for hydroxylation is 1. The van der Waals surface area contributed by atoms with Crippen molar-refractivity contribution in [2.75, 3.05) is 26.7 Å². The van der Waals surface area contributed by atoms with Crippen LogP contribution in [0.25, 0.3) is 0 Å². The summed E-state index contributed by atoms with van der Waals surface area (Å²) in [5.74, 6) is 0.0313. The molecule has 1 aliphatic heterocycles. The van der Waals surface area contributed by atoms with Crippen molar-refractivity contribution in [1.29, 1.82) is 0 Å². The summed E-state index contributed by atoms with van der Waals surface area (Å²) in [6.45, 7) is 6.60. The van der Waals surface area contributed by atoms with Gasteiger partial charge in [0.15, 0.2) is 0 Å². The number of nitrogens with zero attached hydrogens (tertiary/aromatic N) is 2. The van der Waals surface area contributed by atoms with Gasteiger partial charge in [-0.3, -0.25) is 4.79 Å². The second-order valence-electron chi connectivity index (χ2n) is 5.50. The maximum Gasteiger partial charge on any atom is 0.244 e. The molecule has 19 heavy (non-hydrogen) atoms. The van der Waals surface area contributed by atoms with E-state index in [0.29, 0.717) is 6.04 Å². The highest BCUT2D eigenvalue weighted by Gasteiger charge is 2.28. The fraction of sp³-hybridized carbons (Fsp3) is 0.533. The zero-order valence-electron chi connectivity index (χ0n) is 12.0. The minimum absolute atomic E-state index is 0.0313. The molecule has 0 aliphatic carbocycles. The monoisotopic (exact) mass is 261 g/mol. The Morgan fingerprint density at radius 1 is 1.32 bits per heavy atom. The molecule has 1 aromatic carbocycles. The van der Waals surface area contributed by atoms with E-state index in [2.05, 4.69) is 18.9 Å². The Kier molecular flexibility index (Phi) is 4.22. The fourth-order valence-corrected chi connectivity index (χ4v) is 2.36. The van der Waals surface area contributed by atoms with Crippen molar-refractivity contribution in [2.45, 2.75) is 25.9 Å². The van der Waals surface area contributed by atoms with Crippen LogP contribution < -0.4 is 5.73 Å². The average Bonchev–Trinajstić information content (AvgIpc) is 2.41. The highest BCUT2D eigenvalue weighted by Crippen LogP contribution is 2.16. The molecule has 0 saturated carbocycles. The van der Waals surface area contributed by atoms with Crippen LogP contribution in [-0.2, 0) is 4.79 Å². The zero-order chi connectivity index (χ0) is 14.0. The molecule has 0 radical (unpaired) electrons. The van der Waals surface area contributed by atoms with Gasteiger partial charge in [-0.05, 0) is 26.5 Å². The zero-order valence-corrected chi connectivity index (χ0v) is 12.0. The van der Waals surface area contributed by atoms with E-state index < -0.39 is 6.04 Å². The van der Waals surface area contributed by atoms with Gasteiger partial charge in [-0.15, -0.1) is 0 Å². The molecule has 0 bridgehead atoms. The Morgan fingerprint density at radius 2 is 1.95 bits per heavy atom. The van der Waals surface area contributed by atoms with Crippen LogP contribution in [0.5, 0.6) is 0 Å². The topological polar surface area (TPSA) is 49.6 Å². The van der Waals surface area contributed by atoms with E-state index in [1.807, 2.05) is 36.1 Å². The van der Waals surface area contributed by atoms with Crippen molar-refractivity contribution in [3.8, 4) is 0 Å². The largest absolute Gasteiger partial charge is 0.338 e. The predicted molar refractivity (Wildman–Crippen MR) is 76.8 cm³/mol. The first-order chi connectivity index (χ1) is 8.99. The predicted octanol–water partition coefficient (Wildman–Crippen LogP) is 1.16. The maximum absolute atomic E-state index is 12.4. The first-order valence-electron chi connectivity index (χ1n) is 6.80. The van der Waals surface area contributed by atoms with Gasteiger partial charge >= 0.3 is 0 Å². The number of benzene rings is 1. The Morgan fingerprint density at radius 3 is 2.53 bits per heavy atom. The third-order valence-corrected chi connectivity index (χ3v) is 3.97. The molecule has 2 rings (SSSR count). The van der Waals surface area contributed by atoms with Crippen LogP contribution in [0, 0.1) is 6.92 Å². The van der Waals surface area contributed by atoms with E-state index in [4.69, 9.17) is 5.73 Å². The molecule has 1 amide bonds. The molecular weight excluding hydrogens is 238 g/mol. The van der Waals surface area contributed by atoms with Gasteiger partial charge in [0.1, 0.15) is 6.04 Å². The lowest BCUT2D eigenvalue weighted by atomic mass is 10.0. The lowest BCUT2D eigenvalue weighted by molar-refractivity contribution is -0.135. The SMILES string of the molecule is Cc1ccc(C(N)C(=O)N2CCN(C)C(C)C2)cc1. The van der Waals surface area contributed by atoms with Crippen molar-refractivity contribution in [3.05, 3.63) is 35.4 Å². The molecule has 1 aliphatic rings. The number of carbonyl (C=O) groups is 1. The third-order valence-electron chi connectivity index (χ3n) is 3.97. The molecule has 2 N–H and O–H groups in total. The van der Waals surface area contributed by atoms with Gasteiger partial charge < -0.3 is 15.5 Å². The van der Waals surface area contributed by atoms with Crippen molar-refractivity contribution in [2.24, 2.45) is 5.73 Å². The molecule has 2 atom stereocenters. The maximum atomic E-state index is 12.4. The minimum atomic E-state index is -0.545. The van der Waals surface area contributed by atoms with Crippen molar-refractivity contribution in [1.82, 2.24) is 9.80 Å². The average molecular weight is 261 g/mol. The van der Waals surface area contributed by atoms with Crippen LogP contribution >= 0.6 is 0 Å². The quantitative estimate of drug-likeness (QED) is 0.869. The Bertz CT molecular complexity index is 443. The normalized spacial score (nSPS) is 22.3. The summed E-state index contributed by atoms with van der Waals surface area (Å²) in [5, 5.41) is 0. The Hall–Kier alpha value is -1.39. The number of amides is 1. The lowest BCUT2D eigenvalue weighted by Crippen LogP contribution is -2.53. The molecular formula is C15H23N3O. The molecule has 2 unspecified atom stereocenters. The smallest absolute Gasteiger partial charge is 0.244 e. The molecule has 1 aromatic rings. The summed E-state index contributed by atoms with van der Waals surface area (Å²) in [7, 11) is 2.09. The standard InChI is InChI=1S/C15H23N3O/c1-11-4-6-13(7-5-11)14(16)15(19)18-9-8-17(3)12(2)10-18/h4-7,12,14H,8-10,16H2,1-3H3. The van der Waals surface area contributed by atoms with E-state index in [9.17, 15) is 4.79 Å². The van der Waals surface area contributed by atoms with Crippen molar-refractivity contribution >= 4 is 5.91 Å².